The third-order valence-corrected chi connectivity index (χ3v) is 4.22. The highest BCUT2D eigenvalue weighted by molar-refractivity contribution is 6.31. The van der Waals surface area contributed by atoms with Crippen molar-refractivity contribution in [3.05, 3.63) is 81.7 Å². The van der Waals surface area contributed by atoms with E-state index in [1.807, 2.05) is 6.07 Å². The molecule has 2 N–H and O–H groups in total. The van der Waals surface area contributed by atoms with Gasteiger partial charge in [0.15, 0.2) is 0 Å². The molecule has 0 spiro atoms. The molecule has 0 aliphatic rings. The van der Waals surface area contributed by atoms with E-state index in [-0.39, 0.29) is 11.0 Å². The second kappa shape index (κ2) is 6.03. The minimum atomic E-state index is -0.487. The maximum absolute atomic E-state index is 12.6. The molecule has 4 aromatic rings. The summed E-state index contributed by atoms with van der Waals surface area (Å²) in [5.74, 6) is -0.487. The number of aromatic nitrogens is 2. The number of halogens is 1. The van der Waals surface area contributed by atoms with Crippen LogP contribution in [-0.2, 0) is 0 Å². The number of hydrogen-bond acceptors (Lipinski definition) is 3. The number of nitrogens with zero attached hydrogens (tertiary/aromatic N) is 1. The third-order valence-electron chi connectivity index (χ3n) is 3.98. The average Bonchev–Trinajstić information content (AvgIpc) is 2.62. The van der Waals surface area contributed by atoms with Crippen LogP contribution in [0.2, 0.25) is 5.02 Å². The zero-order chi connectivity index (χ0) is 17.4. The molecule has 2 aromatic heterocycles. The Balaban J connectivity index is 1.77. The van der Waals surface area contributed by atoms with Crippen LogP contribution in [0.25, 0.3) is 21.8 Å². The van der Waals surface area contributed by atoms with Crippen molar-refractivity contribution >= 4 is 45.0 Å². The maximum Gasteiger partial charge on any atom is 0.261 e. The molecule has 0 saturated carbocycles. The first-order chi connectivity index (χ1) is 12.1. The molecule has 0 aliphatic heterocycles. The SMILES string of the molecule is O=C(Nc1ccnc2ccc(Cl)cc12)c1c[nH]c2ccccc2c1=O. The molecule has 0 radical (unpaired) electrons. The van der Waals surface area contributed by atoms with Crippen molar-refractivity contribution in [3.8, 4) is 0 Å². The smallest absolute Gasteiger partial charge is 0.261 e. The molecule has 0 bridgehead atoms. The van der Waals surface area contributed by atoms with Crippen LogP contribution in [0.4, 0.5) is 5.69 Å². The molecule has 6 heteroatoms. The molecule has 5 nitrogen and oxygen atoms in total. The zero-order valence-corrected chi connectivity index (χ0v) is 13.7. The fourth-order valence-electron chi connectivity index (χ4n) is 2.75. The number of para-hydroxylation sites is 1. The Bertz CT molecular complexity index is 1180. The Hall–Kier alpha value is -3.18. The Morgan fingerprint density at radius 2 is 1.92 bits per heavy atom. The van der Waals surface area contributed by atoms with Gasteiger partial charge < -0.3 is 10.3 Å². The number of H-pyrrole nitrogens is 1. The fraction of sp³-hybridized carbons (Fsp3) is 0. The van der Waals surface area contributed by atoms with E-state index in [4.69, 9.17) is 11.6 Å². The standard InChI is InChI=1S/C19H12ClN3O2/c20-11-5-6-16-13(9-11)17(7-8-21-16)23-19(25)14-10-22-15-4-2-1-3-12(15)18(14)24/h1-10H,(H,22,24)(H,21,23,25). The van der Waals surface area contributed by atoms with Gasteiger partial charge in [0.05, 0.1) is 11.2 Å². The van der Waals surface area contributed by atoms with Crippen LogP contribution in [-0.4, -0.2) is 15.9 Å². The molecule has 2 heterocycles. The topological polar surface area (TPSA) is 74.8 Å². The highest BCUT2D eigenvalue weighted by atomic mass is 35.5. The summed E-state index contributed by atoms with van der Waals surface area (Å²) in [7, 11) is 0. The van der Waals surface area contributed by atoms with E-state index in [1.54, 1.807) is 48.7 Å². The van der Waals surface area contributed by atoms with Gasteiger partial charge in [-0.1, -0.05) is 23.7 Å². The fourth-order valence-corrected chi connectivity index (χ4v) is 2.93. The van der Waals surface area contributed by atoms with Crippen molar-refractivity contribution in [1.29, 1.82) is 0 Å². The number of pyridine rings is 2. The number of anilines is 1. The van der Waals surface area contributed by atoms with Crippen molar-refractivity contribution in [3.63, 3.8) is 0 Å². The lowest BCUT2D eigenvalue weighted by Crippen LogP contribution is -2.22. The number of rotatable bonds is 2. The molecule has 0 saturated heterocycles. The number of amides is 1. The molecule has 1 amide bonds. The summed E-state index contributed by atoms with van der Waals surface area (Å²) < 4.78 is 0. The number of hydrogen-bond donors (Lipinski definition) is 2. The molecule has 0 fully saturated rings. The van der Waals surface area contributed by atoms with Gasteiger partial charge in [0.2, 0.25) is 5.43 Å². The molecule has 0 unspecified atom stereocenters. The first kappa shape index (κ1) is 15.4. The summed E-state index contributed by atoms with van der Waals surface area (Å²) in [5.41, 5.74) is 1.67. The van der Waals surface area contributed by atoms with Gasteiger partial charge in [-0.2, -0.15) is 0 Å². The molecular weight excluding hydrogens is 338 g/mol. The van der Waals surface area contributed by atoms with E-state index >= 15 is 0 Å². The molecular formula is C19H12ClN3O2. The second-order valence-corrected chi connectivity index (χ2v) is 5.99. The Morgan fingerprint density at radius 1 is 1.08 bits per heavy atom. The van der Waals surface area contributed by atoms with Crippen molar-refractivity contribution in [2.45, 2.75) is 0 Å². The molecule has 25 heavy (non-hydrogen) atoms. The average molecular weight is 350 g/mol. The highest BCUT2D eigenvalue weighted by Gasteiger charge is 2.14. The van der Waals surface area contributed by atoms with Crippen LogP contribution >= 0.6 is 11.6 Å². The summed E-state index contributed by atoms with van der Waals surface area (Å²) in [6.45, 7) is 0. The van der Waals surface area contributed by atoms with E-state index in [2.05, 4.69) is 15.3 Å². The lowest BCUT2D eigenvalue weighted by atomic mass is 10.1. The second-order valence-electron chi connectivity index (χ2n) is 5.55. The summed E-state index contributed by atoms with van der Waals surface area (Å²) in [6, 6.07) is 14.0. The monoisotopic (exact) mass is 349 g/mol. The van der Waals surface area contributed by atoms with Crippen LogP contribution in [0.5, 0.6) is 0 Å². The summed E-state index contributed by atoms with van der Waals surface area (Å²) in [5, 5.41) is 4.50. The summed E-state index contributed by atoms with van der Waals surface area (Å²) in [4.78, 5) is 32.4. The molecule has 122 valence electrons. The quantitative estimate of drug-likeness (QED) is 0.574. The highest BCUT2D eigenvalue weighted by Crippen LogP contribution is 2.25. The van der Waals surface area contributed by atoms with Gasteiger partial charge >= 0.3 is 0 Å². The van der Waals surface area contributed by atoms with Crippen LogP contribution < -0.4 is 10.7 Å². The molecule has 0 aliphatic carbocycles. The summed E-state index contributed by atoms with van der Waals surface area (Å²) in [6.07, 6.45) is 3.02. The lowest BCUT2D eigenvalue weighted by molar-refractivity contribution is 0.102. The van der Waals surface area contributed by atoms with Gasteiger partial charge in [-0.15, -0.1) is 0 Å². The number of aromatic amines is 1. The van der Waals surface area contributed by atoms with E-state index < -0.39 is 5.91 Å². The largest absolute Gasteiger partial charge is 0.360 e. The minimum absolute atomic E-state index is 0.0469. The van der Waals surface area contributed by atoms with Crippen LogP contribution in [0.15, 0.2) is 65.7 Å². The minimum Gasteiger partial charge on any atom is -0.360 e. The molecule has 4 rings (SSSR count). The number of nitrogens with one attached hydrogen (secondary N) is 2. The predicted molar refractivity (Wildman–Crippen MR) is 99.3 cm³/mol. The molecule has 0 atom stereocenters. The van der Waals surface area contributed by atoms with Crippen molar-refractivity contribution in [2.24, 2.45) is 0 Å². The maximum atomic E-state index is 12.6. The van der Waals surface area contributed by atoms with Crippen molar-refractivity contribution < 1.29 is 4.79 Å². The Morgan fingerprint density at radius 3 is 2.80 bits per heavy atom. The van der Waals surface area contributed by atoms with Crippen molar-refractivity contribution in [2.75, 3.05) is 5.32 Å². The van der Waals surface area contributed by atoms with Gasteiger partial charge in [0.1, 0.15) is 5.56 Å². The normalized spacial score (nSPS) is 10.9. The van der Waals surface area contributed by atoms with Crippen LogP contribution in [0, 0.1) is 0 Å². The van der Waals surface area contributed by atoms with Gasteiger partial charge in [0, 0.05) is 33.7 Å². The summed E-state index contributed by atoms with van der Waals surface area (Å²) >= 11 is 6.04. The Labute approximate surface area is 147 Å². The van der Waals surface area contributed by atoms with E-state index in [0.717, 1.165) is 0 Å². The lowest BCUT2D eigenvalue weighted by Gasteiger charge is -2.09. The van der Waals surface area contributed by atoms with E-state index in [9.17, 15) is 9.59 Å². The number of fused-ring (bicyclic) bond motifs is 2. The third kappa shape index (κ3) is 2.75. The van der Waals surface area contributed by atoms with E-state index in [1.165, 1.54) is 6.20 Å². The van der Waals surface area contributed by atoms with Gasteiger partial charge in [0.25, 0.3) is 5.91 Å². The number of carbonyl (C=O) groups excluding carboxylic acids is 1. The number of benzene rings is 2. The van der Waals surface area contributed by atoms with Gasteiger partial charge in [-0.3, -0.25) is 14.6 Å². The van der Waals surface area contributed by atoms with Crippen LogP contribution in [0.1, 0.15) is 10.4 Å². The van der Waals surface area contributed by atoms with Crippen LogP contribution in [0.3, 0.4) is 0 Å². The number of carbonyl (C=O) groups is 1. The van der Waals surface area contributed by atoms with E-state index in [0.29, 0.717) is 32.5 Å². The Kier molecular flexibility index (Phi) is 3.71. The zero-order valence-electron chi connectivity index (χ0n) is 12.9. The molecule has 2 aromatic carbocycles. The van der Waals surface area contributed by atoms with Crippen molar-refractivity contribution in [1.82, 2.24) is 9.97 Å². The first-order valence-electron chi connectivity index (χ1n) is 7.59. The van der Waals surface area contributed by atoms with Gasteiger partial charge in [-0.25, -0.2) is 0 Å². The predicted octanol–water partition coefficient (Wildman–Crippen LogP) is 3.98. The van der Waals surface area contributed by atoms with Gasteiger partial charge in [-0.05, 0) is 36.4 Å². The first-order valence-corrected chi connectivity index (χ1v) is 7.97.